The fourth-order valence-electron chi connectivity index (χ4n) is 4.32. The van der Waals surface area contributed by atoms with Gasteiger partial charge in [0.05, 0.1) is 17.9 Å². The molecule has 2 aliphatic heterocycles. The van der Waals surface area contributed by atoms with Gasteiger partial charge < -0.3 is 20.4 Å². The highest BCUT2D eigenvalue weighted by Crippen LogP contribution is 2.32. The van der Waals surface area contributed by atoms with Gasteiger partial charge in [-0.15, -0.1) is 0 Å². The third-order valence-electron chi connectivity index (χ3n) is 6.45. The monoisotopic (exact) mass is 450 g/mol. The van der Waals surface area contributed by atoms with Gasteiger partial charge in [-0.3, -0.25) is 9.48 Å². The molecule has 1 amide bonds. The van der Waals surface area contributed by atoms with Crippen LogP contribution in [0.5, 0.6) is 0 Å². The molecule has 9 nitrogen and oxygen atoms in total. The number of hydrogen-bond acceptors (Lipinski definition) is 7. The Bertz CT molecular complexity index is 1180. The molecule has 2 aliphatic rings. The van der Waals surface area contributed by atoms with E-state index < -0.39 is 0 Å². The molecule has 1 aromatic carbocycles. The molecule has 0 spiro atoms. The summed E-state index contributed by atoms with van der Waals surface area (Å²) in [4.78, 5) is 25.3. The van der Waals surface area contributed by atoms with Crippen molar-refractivity contribution in [3.63, 3.8) is 0 Å². The van der Waals surface area contributed by atoms with Crippen molar-refractivity contribution in [2.75, 3.05) is 40.6 Å². The van der Waals surface area contributed by atoms with Crippen LogP contribution in [0, 0.1) is 12.7 Å². The second-order valence-electron chi connectivity index (χ2n) is 8.65. The Kier molecular flexibility index (Phi) is 5.35. The van der Waals surface area contributed by atoms with Crippen LogP contribution >= 0.6 is 0 Å². The molecule has 0 saturated carbocycles. The topological polar surface area (TPSA) is 91.2 Å². The molecule has 2 atom stereocenters. The lowest BCUT2D eigenvalue weighted by molar-refractivity contribution is -0.117. The van der Waals surface area contributed by atoms with Gasteiger partial charge in [-0.05, 0) is 44.5 Å². The normalized spacial score (nSPS) is 20.1. The number of carbonyl (C=O) groups excluding carboxylic acids is 1. The first kappa shape index (κ1) is 21.2. The fourth-order valence-corrected chi connectivity index (χ4v) is 4.32. The Morgan fingerprint density at radius 2 is 2.03 bits per heavy atom. The van der Waals surface area contributed by atoms with E-state index >= 15 is 0 Å². The molecule has 0 aliphatic carbocycles. The van der Waals surface area contributed by atoms with Crippen molar-refractivity contribution >= 4 is 29.0 Å². The van der Waals surface area contributed by atoms with Crippen molar-refractivity contribution in [1.29, 1.82) is 0 Å². The minimum Gasteiger partial charge on any atom is -0.369 e. The number of nitrogens with zero attached hydrogens (tertiary/aromatic N) is 6. The first-order valence-corrected chi connectivity index (χ1v) is 11.1. The van der Waals surface area contributed by atoms with Crippen LogP contribution in [-0.4, -0.2) is 51.8 Å². The largest absolute Gasteiger partial charge is 0.369 e. The predicted molar refractivity (Wildman–Crippen MR) is 125 cm³/mol. The smallest absolute Gasteiger partial charge is 0.246 e. The van der Waals surface area contributed by atoms with Crippen molar-refractivity contribution in [2.45, 2.75) is 38.9 Å². The van der Waals surface area contributed by atoms with Gasteiger partial charge in [0.1, 0.15) is 17.5 Å². The molecule has 2 aromatic heterocycles. The van der Waals surface area contributed by atoms with Gasteiger partial charge in [0, 0.05) is 44.1 Å². The van der Waals surface area contributed by atoms with E-state index in [2.05, 4.69) is 30.6 Å². The van der Waals surface area contributed by atoms with Crippen molar-refractivity contribution in [1.82, 2.24) is 19.7 Å². The fraction of sp³-hybridized carbons (Fsp3) is 0.391. The highest BCUT2D eigenvalue weighted by atomic mass is 19.1. The molecule has 172 valence electrons. The summed E-state index contributed by atoms with van der Waals surface area (Å²) in [5.74, 6) is 0.939. The van der Waals surface area contributed by atoms with E-state index in [1.54, 1.807) is 0 Å². The number of aryl methyl sites for hydroxylation is 1. The Balaban J connectivity index is 1.24. The number of halogens is 1. The summed E-state index contributed by atoms with van der Waals surface area (Å²) in [7, 11) is 1.86. The van der Waals surface area contributed by atoms with Crippen LogP contribution in [-0.2, 0) is 11.3 Å². The van der Waals surface area contributed by atoms with E-state index in [1.165, 1.54) is 12.1 Å². The lowest BCUT2D eigenvalue weighted by Crippen LogP contribution is -2.44. The van der Waals surface area contributed by atoms with Gasteiger partial charge in [-0.2, -0.15) is 10.1 Å². The zero-order valence-corrected chi connectivity index (χ0v) is 18.9. The average molecular weight is 451 g/mol. The Labute approximate surface area is 191 Å². The van der Waals surface area contributed by atoms with Gasteiger partial charge in [0.15, 0.2) is 5.82 Å². The van der Waals surface area contributed by atoms with E-state index in [0.717, 1.165) is 36.5 Å². The van der Waals surface area contributed by atoms with Gasteiger partial charge in [0.2, 0.25) is 11.9 Å². The Hall–Kier alpha value is -3.69. The summed E-state index contributed by atoms with van der Waals surface area (Å²) in [6, 6.07) is 6.61. The number of nitrogens with one attached hydrogen (secondary N) is 2. The number of anilines is 4. The van der Waals surface area contributed by atoms with E-state index in [4.69, 9.17) is 0 Å². The molecule has 10 heteroatoms. The van der Waals surface area contributed by atoms with Crippen molar-refractivity contribution in [3.05, 3.63) is 53.7 Å². The molecule has 5 rings (SSSR count). The minimum atomic E-state index is -0.293. The van der Waals surface area contributed by atoms with Gasteiger partial charge >= 0.3 is 0 Å². The van der Waals surface area contributed by atoms with Crippen LogP contribution in [0.2, 0.25) is 0 Å². The predicted octanol–water partition coefficient (Wildman–Crippen LogP) is 2.96. The quantitative estimate of drug-likeness (QED) is 0.618. The van der Waals surface area contributed by atoms with E-state index in [-0.39, 0.29) is 23.8 Å². The summed E-state index contributed by atoms with van der Waals surface area (Å²) in [5, 5.41) is 10.7. The lowest BCUT2D eigenvalue weighted by Gasteiger charge is -2.32. The molecule has 1 fully saturated rings. The summed E-state index contributed by atoms with van der Waals surface area (Å²) in [6.07, 6.45) is 4.88. The van der Waals surface area contributed by atoms with Crippen molar-refractivity contribution in [2.24, 2.45) is 0 Å². The molecular formula is C23H27FN8O. The maximum absolute atomic E-state index is 13.2. The maximum atomic E-state index is 13.2. The van der Waals surface area contributed by atoms with Crippen molar-refractivity contribution in [3.8, 4) is 0 Å². The first-order chi connectivity index (χ1) is 15.9. The molecule has 33 heavy (non-hydrogen) atoms. The number of fused-ring (bicyclic) bond motifs is 1. The van der Waals surface area contributed by atoms with Crippen LogP contribution in [0.3, 0.4) is 0 Å². The average Bonchev–Trinajstić information content (AvgIpc) is 3.47. The van der Waals surface area contributed by atoms with Gasteiger partial charge in [-0.25, -0.2) is 9.37 Å². The number of rotatable bonds is 5. The SMILES string of the molecule is Cc1nc(NCc2cnn([C@@H]3CCN(c4ccc(F)cc4)C3)c2)nc2c1NC(=O)[C@H](C)N2C. The highest BCUT2D eigenvalue weighted by Gasteiger charge is 2.30. The van der Waals surface area contributed by atoms with Crippen LogP contribution in [0.15, 0.2) is 36.7 Å². The van der Waals surface area contributed by atoms with Crippen LogP contribution < -0.4 is 20.4 Å². The Morgan fingerprint density at radius 3 is 2.82 bits per heavy atom. The molecule has 0 radical (unpaired) electrons. The molecule has 1 saturated heterocycles. The van der Waals surface area contributed by atoms with Crippen LogP contribution in [0.1, 0.15) is 30.6 Å². The molecule has 0 unspecified atom stereocenters. The minimum absolute atomic E-state index is 0.0604. The summed E-state index contributed by atoms with van der Waals surface area (Å²) in [6.45, 7) is 5.99. The molecule has 3 aromatic rings. The Morgan fingerprint density at radius 1 is 1.24 bits per heavy atom. The van der Waals surface area contributed by atoms with Gasteiger partial charge in [0.25, 0.3) is 0 Å². The van der Waals surface area contributed by atoms with Crippen LogP contribution in [0.4, 0.5) is 27.5 Å². The van der Waals surface area contributed by atoms with E-state index in [9.17, 15) is 9.18 Å². The highest BCUT2D eigenvalue weighted by molar-refractivity contribution is 6.03. The first-order valence-electron chi connectivity index (χ1n) is 11.1. The summed E-state index contributed by atoms with van der Waals surface area (Å²) in [5.41, 5.74) is 3.44. The molecular weight excluding hydrogens is 423 g/mol. The van der Waals surface area contributed by atoms with Gasteiger partial charge in [-0.1, -0.05) is 0 Å². The van der Waals surface area contributed by atoms with Crippen molar-refractivity contribution < 1.29 is 9.18 Å². The number of aromatic nitrogens is 4. The maximum Gasteiger partial charge on any atom is 0.246 e. The molecule has 2 N–H and O–H groups in total. The second-order valence-corrected chi connectivity index (χ2v) is 8.65. The number of hydrogen-bond donors (Lipinski definition) is 2. The van der Waals surface area contributed by atoms with Crippen LogP contribution in [0.25, 0.3) is 0 Å². The molecule has 0 bridgehead atoms. The third kappa shape index (κ3) is 4.08. The molecule has 4 heterocycles. The van der Waals surface area contributed by atoms with E-state index in [1.807, 2.05) is 55.0 Å². The number of likely N-dealkylation sites (N-methyl/N-ethyl adjacent to an activating group) is 1. The number of carbonyl (C=O) groups is 1. The van der Waals surface area contributed by atoms with E-state index in [0.29, 0.717) is 24.0 Å². The lowest BCUT2D eigenvalue weighted by atomic mass is 10.2. The standard InChI is InChI=1S/C23H27FN8O/c1-14-20-21(30(3)15(2)22(33)28-20)29-23(27-14)25-10-16-11-26-32(12-16)19-8-9-31(13-19)18-6-4-17(24)5-7-18/h4-7,11-12,15,19H,8-10,13H2,1-3H3,(H,28,33)(H,25,27,29)/t15-,19+/m0/s1. The zero-order valence-electron chi connectivity index (χ0n) is 18.9. The summed E-state index contributed by atoms with van der Waals surface area (Å²) >= 11 is 0. The number of benzene rings is 1. The third-order valence-corrected chi connectivity index (χ3v) is 6.45. The second kappa shape index (κ2) is 8.34. The summed E-state index contributed by atoms with van der Waals surface area (Å²) < 4.78 is 15.2. The zero-order chi connectivity index (χ0) is 23.1. The number of amides is 1.